The SMILES string of the molecule is O=C1CC(c2ccco2)S(=O)(=O)C(c2ccco2)C1. The van der Waals surface area contributed by atoms with Gasteiger partial charge in [-0.05, 0) is 24.3 Å². The van der Waals surface area contributed by atoms with Crippen molar-refractivity contribution < 1.29 is 22.0 Å². The molecule has 0 amide bonds. The van der Waals surface area contributed by atoms with Crippen LogP contribution >= 0.6 is 0 Å². The molecule has 1 fully saturated rings. The molecule has 0 bridgehead atoms. The van der Waals surface area contributed by atoms with Crippen molar-refractivity contribution in [2.75, 3.05) is 0 Å². The molecule has 6 heteroatoms. The summed E-state index contributed by atoms with van der Waals surface area (Å²) in [6.45, 7) is 0. The minimum atomic E-state index is -3.55. The third-order valence-corrected chi connectivity index (χ3v) is 5.72. The molecule has 1 aliphatic rings. The van der Waals surface area contributed by atoms with E-state index in [0.29, 0.717) is 11.5 Å². The second-order valence-corrected chi connectivity index (χ2v) is 6.86. The molecule has 0 spiro atoms. The van der Waals surface area contributed by atoms with Crippen LogP contribution in [0.5, 0.6) is 0 Å². The summed E-state index contributed by atoms with van der Waals surface area (Å²) in [7, 11) is -3.55. The van der Waals surface area contributed by atoms with E-state index in [1.54, 1.807) is 24.3 Å². The highest BCUT2D eigenvalue weighted by Gasteiger charge is 2.45. The van der Waals surface area contributed by atoms with Gasteiger partial charge in [0.25, 0.3) is 0 Å². The minimum absolute atomic E-state index is 0.0347. The van der Waals surface area contributed by atoms with E-state index >= 15 is 0 Å². The summed E-state index contributed by atoms with van der Waals surface area (Å²) >= 11 is 0. The number of carbonyl (C=O) groups excluding carboxylic acids is 1. The van der Waals surface area contributed by atoms with Crippen molar-refractivity contribution >= 4 is 15.6 Å². The summed E-state index contributed by atoms with van der Waals surface area (Å²) in [4.78, 5) is 11.8. The van der Waals surface area contributed by atoms with E-state index in [-0.39, 0.29) is 18.6 Å². The number of hydrogen-bond donors (Lipinski definition) is 0. The molecule has 0 aliphatic carbocycles. The lowest BCUT2D eigenvalue weighted by Gasteiger charge is -2.26. The molecule has 2 aromatic rings. The van der Waals surface area contributed by atoms with Gasteiger partial charge in [-0.2, -0.15) is 0 Å². The normalized spacial score (nSPS) is 26.4. The van der Waals surface area contributed by atoms with Gasteiger partial charge in [0.1, 0.15) is 27.8 Å². The highest BCUT2D eigenvalue weighted by atomic mass is 32.2. The molecular weight excluding hydrogens is 268 g/mol. The van der Waals surface area contributed by atoms with Crippen molar-refractivity contribution in [3.63, 3.8) is 0 Å². The van der Waals surface area contributed by atoms with Gasteiger partial charge in [0.05, 0.1) is 12.5 Å². The van der Waals surface area contributed by atoms with Crippen molar-refractivity contribution in [1.29, 1.82) is 0 Å². The molecule has 100 valence electrons. The van der Waals surface area contributed by atoms with Gasteiger partial charge >= 0.3 is 0 Å². The van der Waals surface area contributed by atoms with Gasteiger partial charge < -0.3 is 8.83 Å². The number of furan rings is 2. The van der Waals surface area contributed by atoms with Gasteiger partial charge in [-0.25, -0.2) is 8.42 Å². The second kappa shape index (κ2) is 4.38. The van der Waals surface area contributed by atoms with Gasteiger partial charge in [0.2, 0.25) is 0 Å². The molecular formula is C13H12O5S. The summed E-state index contributed by atoms with van der Waals surface area (Å²) in [6.07, 6.45) is 2.75. The molecule has 0 radical (unpaired) electrons. The topological polar surface area (TPSA) is 77.5 Å². The van der Waals surface area contributed by atoms with E-state index in [1.165, 1.54) is 12.5 Å². The Balaban J connectivity index is 2.06. The summed E-state index contributed by atoms with van der Waals surface area (Å²) in [6, 6.07) is 6.40. The van der Waals surface area contributed by atoms with E-state index in [0.717, 1.165) is 0 Å². The Morgan fingerprint density at radius 1 is 0.947 bits per heavy atom. The van der Waals surface area contributed by atoms with Crippen molar-refractivity contribution in [2.24, 2.45) is 0 Å². The minimum Gasteiger partial charge on any atom is -0.468 e. The number of rotatable bonds is 2. The zero-order valence-electron chi connectivity index (χ0n) is 9.98. The summed E-state index contributed by atoms with van der Waals surface area (Å²) in [5.74, 6) is 0.520. The number of carbonyl (C=O) groups is 1. The lowest BCUT2D eigenvalue weighted by Crippen LogP contribution is -2.30. The molecule has 5 nitrogen and oxygen atoms in total. The van der Waals surface area contributed by atoms with Crippen LogP contribution in [0.4, 0.5) is 0 Å². The highest BCUT2D eigenvalue weighted by Crippen LogP contribution is 2.43. The van der Waals surface area contributed by atoms with Crippen LogP contribution in [0.3, 0.4) is 0 Å². The maximum absolute atomic E-state index is 12.6. The molecule has 1 saturated heterocycles. The number of hydrogen-bond acceptors (Lipinski definition) is 5. The van der Waals surface area contributed by atoms with Crippen LogP contribution in [-0.2, 0) is 14.6 Å². The maximum Gasteiger partial charge on any atom is 0.171 e. The number of ketones is 1. The van der Waals surface area contributed by atoms with Gasteiger partial charge in [-0.1, -0.05) is 0 Å². The van der Waals surface area contributed by atoms with E-state index in [1.807, 2.05) is 0 Å². The molecule has 2 aromatic heterocycles. The first-order chi connectivity index (χ1) is 9.09. The monoisotopic (exact) mass is 280 g/mol. The fraction of sp³-hybridized carbons (Fsp3) is 0.308. The van der Waals surface area contributed by atoms with Crippen molar-refractivity contribution in [2.45, 2.75) is 23.3 Å². The van der Waals surface area contributed by atoms with E-state index < -0.39 is 20.3 Å². The van der Waals surface area contributed by atoms with Gasteiger partial charge in [-0.15, -0.1) is 0 Å². The van der Waals surface area contributed by atoms with Gasteiger partial charge in [0.15, 0.2) is 9.84 Å². The summed E-state index contributed by atoms with van der Waals surface area (Å²) in [5, 5.41) is -1.84. The van der Waals surface area contributed by atoms with Crippen molar-refractivity contribution in [3.05, 3.63) is 48.3 Å². The quantitative estimate of drug-likeness (QED) is 0.844. The maximum atomic E-state index is 12.6. The third-order valence-electron chi connectivity index (χ3n) is 3.34. The first-order valence-corrected chi connectivity index (χ1v) is 7.51. The highest BCUT2D eigenvalue weighted by molar-refractivity contribution is 7.92. The van der Waals surface area contributed by atoms with Crippen LogP contribution in [-0.4, -0.2) is 14.2 Å². The fourth-order valence-corrected chi connectivity index (χ4v) is 4.55. The third kappa shape index (κ3) is 2.02. The van der Waals surface area contributed by atoms with Crippen LogP contribution in [0.25, 0.3) is 0 Å². The van der Waals surface area contributed by atoms with Crippen LogP contribution in [0.15, 0.2) is 45.6 Å². The summed E-state index contributed by atoms with van der Waals surface area (Å²) < 4.78 is 35.5. The lowest BCUT2D eigenvalue weighted by molar-refractivity contribution is -0.119. The molecule has 2 atom stereocenters. The standard InChI is InChI=1S/C13H12O5S/c14-9-7-12(10-3-1-5-17-10)19(15,16)13(8-9)11-4-2-6-18-11/h1-6,12-13H,7-8H2. The zero-order valence-corrected chi connectivity index (χ0v) is 10.8. The van der Waals surface area contributed by atoms with Crippen LogP contribution in [0.2, 0.25) is 0 Å². The second-order valence-electron chi connectivity index (χ2n) is 4.54. The first-order valence-electron chi connectivity index (χ1n) is 5.90. The van der Waals surface area contributed by atoms with E-state index in [4.69, 9.17) is 8.83 Å². The van der Waals surface area contributed by atoms with E-state index in [9.17, 15) is 13.2 Å². The number of sulfone groups is 1. The Kier molecular flexibility index (Phi) is 2.82. The molecule has 2 unspecified atom stereocenters. The Hall–Kier alpha value is -1.82. The number of Topliss-reactive ketones (excluding diaryl/α,β-unsaturated/α-hetero) is 1. The Labute approximate surface area is 110 Å². The average molecular weight is 280 g/mol. The molecule has 0 aromatic carbocycles. The zero-order chi connectivity index (χ0) is 13.5. The molecule has 19 heavy (non-hydrogen) atoms. The lowest BCUT2D eigenvalue weighted by atomic mass is 10.1. The molecule has 0 saturated carbocycles. The smallest absolute Gasteiger partial charge is 0.171 e. The largest absolute Gasteiger partial charge is 0.468 e. The van der Waals surface area contributed by atoms with Crippen molar-refractivity contribution in [1.82, 2.24) is 0 Å². The Morgan fingerprint density at radius 2 is 1.42 bits per heavy atom. The fourth-order valence-electron chi connectivity index (χ4n) is 2.40. The predicted octanol–water partition coefficient (Wildman–Crippen LogP) is 2.43. The average Bonchev–Trinajstić information content (AvgIpc) is 3.03. The molecule has 0 N–H and O–H groups in total. The molecule has 1 aliphatic heterocycles. The van der Waals surface area contributed by atoms with Gasteiger partial charge in [-0.3, -0.25) is 4.79 Å². The Morgan fingerprint density at radius 3 is 1.79 bits per heavy atom. The molecule has 3 rings (SSSR count). The predicted molar refractivity (Wildman–Crippen MR) is 66.1 cm³/mol. The Bertz CT molecular complexity index is 614. The molecule has 3 heterocycles. The van der Waals surface area contributed by atoms with Crippen molar-refractivity contribution in [3.8, 4) is 0 Å². The van der Waals surface area contributed by atoms with Crippen LogP contribution in [0.1, 0.15) is 34.9 Å². The summed E-state index contributed by atoms with van der Waals surface area (Å²) in [5.41, 5.74) is 0. The van der Waals surface area contributed by atoms with Crippen LogP contribution < -0.4 is 0 Å². The van der Waals surface area contributed by atoms with E-state index in [2.05, 4.69) is 0 Å². The van der Waals surface area contributed by atoms with Gasteiger partial charge in [0, 0.05) is 12.8 Å². The first kappa shape index (κ1) is 12.2. The van der Waals surface area contributed by atoms with Crippen LogP contribution in [0, 0.1) is 0 Å².